The lowest BCUT2D eigenvalue weighted by Crippen LogP contribution is -2.25. The van der Waals surface area contributed by atoms with Crippen LogP contribution >= 0.6 is 0 Å². The summed E-state index contributed by atoms with van der Waals surface area (Å²) in [5.41, 5.74) is 5.21. The second kappa shape index (κ2) is 8.11. The number of aromatic hydroxyl groups is 1. The highest BCUT2D eigenvalue weighted by Crippen LogP contribution is 2.26. The number of rotatable bonds is 6. The van der Waals surface area contributed by atoms with Gasteiger partial charge in [-0.05, 0) is 44.0 Å². The molecule has 0 saturated carbocycles. The highest BCUT2D eigenvalue weighted by molar-refractivity contribution is 5.84. The fraction of sp³-hybridized carbons (Fsp3) is 0.222. The van der Waals surface area contributed by atoms with Gasteiger partial charge in [0.25, 0.3) is 5.91 Å². The first-order chi connectivity index (χ1) is 12.3. The lowest BCUT2D eigenvalue weighted by molar-refractivity contribution is -0.385. The summed E-state index contributed by atoms with van der Waals surface area (Å²) in [6, 6.07) is 7.72. The van der Waals surface area contributed by atoms with Gasteiger partial charge in [0.05, 0.1) is 11.1 Å². The number of nitro groups is 1. The van der Waals surface area contributed by atoms with Crippen LogP contribution in [0.3, 0.4) is 0 Å². The number of phenolic OH excluding ortho intramolecular Hbond substituents is 1. The number of benzene rings is 2. The zero-order chi connectivity index (χ0) is 19.3. The Labute approximate surface area is 150 Å². The number of carbonyl (C=O) groups is 1. The molecule has 0 aliphatic heterocycles. The minimum absolute atomic E-state index is 0.211. The van der Waals surface area contributed by atoms with Gasteiger partial charge in [0.1, 0.15) is 5.75 Å². The molecule has 0 bridgehead atoms. The molecule has 1 amide bonds. The zero-order valence-corrected chi connectivity index (χ0v) is 14.6. The summed E-state index contributed by atoms with van der Waals surface area (Å²) in [6.45, 7) is 5.59. The number of phenols is 1. The molecule has 0 saturated heterocycles. The van der Waals surface area contributed by atoms with E-state index in [0.29, 0.717) is 11.3 Å². The number of aryl methyl sites for hydroxylation is 3. The van der Waals surface area contributed by atoms with Crippen LogP contribution in [-0.2, 0) is 4.79 Å². The highest BCUT2D eigenvalue weighted by Gasteiger charge is 2.13. The van der Waals surface area contributed by atoms with Crippen LogP contribution in [-0.4, -0.2) is 28.8 Å². The average molecular weight is 357 g/mol. The first-order valence-electron chi connectivity index (χ1n) is 7.78. The van der Waals surface area contributed by atoms with Crippen LogP contribution in [0.1, 0.15) is 22.3 Å². The van der Waals surface area contributed by atoms with E-state index >= 15 is 0 Å². The van der Waals surface area contributed by atoms with Crippen LogP contribution in [0.25, 0.3) is 0 Å². The molecule has 0 aromatic heterocycles. The van der Waals surface area contributed by atoms with Crippen molar-refractivity contribution < 1.29 is 19.6 Å². The number of amides is 1. The van der Waals surface area contributed by atoms with Crippen molar-refractivity contribution in [3.8, 4) is 11.5 Å². The first-order valence-corrected chi connectivity index (χ1v) is 7.78. The quantitative estimate of drug-likeness (QED) is 0.469. The summed E-state index contributed by atoms with van der Waals surface area (Å²) in [5, 5.41) is 23.9. The van der Waals surface area contributed by atoms with Crippen molar-refractivity contribution in [3.05, 3.63) is 62.7 Å². The minimum Gasteiger partial charge on any atom is -0.502 e. The molecular weight excluding hydrogens is 338 g/mol. The summed E-state index contributed by atoms with van der Waals surface area (Å²) in [6.07, 6.45) is 1.24. The van der Waals surface area contributed by atoms with Crippen molar-refractivity contribution in [2.24, 2.45) is 5.10 Å². The number of hydrogen-bond donors (Lipinski definition) is 2. The third-order valence-electron chi connectivity index (χ3n) is 3.55. The molecule has 0 heterocycles. The molecule has 0 aliphatic rings. The first kappa shape index (κ1) is 18.9. The van der Waals surface area contributed by atoms with E-state index in [4.69, 9.17) is 4.74 Å². The predicted octanol–water partition coefficient (Wildman–Crippen LogP) is 2.75. The van der Waals surface area contributed by atoms with Crippen LogP contribution in [0.4, 0.5) is 5.69 Å². The summed E-state index contributed by atoms with van der Waals surface area (Å²) in [7, 11) is 0. The van der Waals surface area contributed by atoms with Crippen molar-refractivity contribution in [3.63, 3.8) is 0 Å². The monoisotopic (exact) mass is 357 g/mol. The van der Waals surface area contributed by atoms with Gasteiger partial charge in [-0.25, -0.2) is 5.43 Å². The van der Waals surface area contributed by atoms with E-state index in [9.17, 15) is 20.0 Å². The molecule has 8 heteroatoms. The lowest BCUT2D eigenvalue weighted by atomic mass is 10.1. The van der Waals surface area contributed by atoms with Crippen molar-refractivity contribution in [2.45, 2.75) is 20.8 Å². The summed E-state index contributed by atoms with van der Waals surface area (Å²) in [4.78, 5) is 21.9. The highest BCUT2D eigenvalue weighted by atomic mass is 16.6. The molecule has 136 valence electrons. The Bertz CT molecular complexity index is 854. The van der Waals surface area contributed by atoms with E-state index in [1.165, 1.54) is 18.3 Å². The molecule has 0 radical (unpaired) electrons. The van der Waals surface area contributed by atoms with Gasteiger partial charge in [-0.15, -0.1) is 0 Å². The van der Waals surface area contributed by atoms with Crippen molar-refractivity contribution >= 4 is 17.8 Å². The maximum absolute atomic E-state index is 11.8. The molecule has 2 aromatic carbocycles. The smallest absolute Gasteiger partial charge is 0.311 e. The standard InChI is InChI=1S/C18H19N3O5/c1-11-6-12(2)18(13(3)7-11)26-10-17(23)20-19-9-14-4-5-16(22)15(8-14)21(24)25/h4-9,22H,10H2,1-3H3,(H,20,23). The van der Waals surface area contributed by atoms with Gasteiger partial charge >= 0.3 is 5.69 Å². The maximum atomic E-state index is 11.8. The van der Waals surface area contributed by atoms with Crippen LogP contribution in [0.15, 0.2) is 35.4 Å². The molecule has 26 heavy (non-hydrogen) atoms. The van der Waals surface area contributed by atoms with Gasteiger partial charge in [-0.1, -0.05) is 17.7 Å². The van der Waals surface area contributed by atoms with Crippen molar-refractivity contribution in [2.75, 3.05) is 6.61 Å². The number of hydrazone groups is 1. The molecule has 0 unspecified atom stereocenters. The largest absolute Gasteiger partial charge is 0.502 e. The SMILES string of the molecule is Cc1cc(C)c(OCC(=O)NN=Cc2ccc(O)c([N+](=O)[O-])c2)c(C)c1. The number of nitro benzene ring substituents is 1. The summed E-state index contributed by atoms with van der Waals surface area (Å²) < 4.78 is 5.55. The van der Waals surface area contributed by atoms with E-state index < -0.39 is 22.3 Å². The fourth-order valence-electron chi connectivity index (χ4n) is 2.51. The normalized spacial score (nSPS) is 10.7. The van der Waals surface area contributed by atoms with Gasteiger partial charge < -0.3 is 9.84 Å². The second-order valence-electron chi connectivity index (χ2n) is 5.81. The van der Waals surface area contributed by atoms with Gasteiger partial charge in [-0.3, -0.25) is 14.9 Å². The number of carbonyl (C=O) groups excluding carboxylic acids is 1. The zero-order valence-electron chi connectivity index (χ0n) is 14.6. The Morgan fingerprint density at radius 2 is 1.92 bits per heavy atom. The molecule has 0 aliphatic carbocycles. The minimum atomic E-state index is -0.703. The average Bonchev–Trinajstić information content (AvgIpc) is 2.55. The summed E-state index contributed by atoms with van der Waals surface area (Å²) >= 11 is 0. The van der Waals surface area contributed by atoms with E-state index in [-0.39, 0.29) is 6.61 Å². The van der Waals surface area contributed by atoms with Crippen LogP contribution in [0.2, 0.25) is 0 Å². The van der Waals surface area contributed by atoms with Gasteiger partial charge in [-0.2, -0.15) is 5.10 Å². The van der Waals surface area contributed by atoms with Gasteiger partial charge in [0, 0.05) is 11.6 Å². The second-order valence-corrected chi connectivity index (χ2v) is 5.81. The van der Waals surface area contributed by atoms with Crippen LogP contribution in [0, 0.1) is 30.9 Å². The Balaban J connectivity index is 1.94. The number of hydrogen-bond acceptors (Lipinski definition) is 6. The van der Waals surface area contributed by atoms with Crippen LogP contribution in [0.5, 0.6) is 11.5 Å². The fourth-order valence-corrected chi connectivity index (χ4v) is 2.51. The van der Waals surface area contributed by atoms with E-state index in [1.54, 1.807) is 0 Å². The number of nitrogens with zero attached hydrogens (tertiary/aromatic N) is 2. The molecule has 2 N–H and O–H groups in total. The molecule has 2 rings (SSSR count). The maximum Gasteiger partial charge on any atom is 0.311 e. The third-order valence-corrected chi connectivity index (χ3v) is 3.55. The third kappa shape index (κ3) is 4.79. The van der Waals surface area contributed by atoms with E-state index in [1.807, 2.05) is 32.9 Å². The number of nitrogens with one attached hydrogen (secondary N) is 1. The molecule has 2 aromatic rings. The van der Waals surface area contributed by atoms with Crippen LogP contribution < -0.4 is 10.2 Å². The Morgan fingerprint density at radius 1 is 1.27 bits per heavy atom. The van der Waals surface area contributed by atoms with Crippen molar-refractivity contribution in [1.29, 1.82) is 0 Å². The number of ether oxygens (including phenoxy) is 1. The predicted molar refractivity (Wildman–Crippen MR) is 96.6 cm³/mol. The Morgan fingerprint density at radius 3 is 2.54 bits per heavy atom. The van der Waals surface area contributed by atoms with Crippen molar-refractivity contribution in [1.82, 2.24) is 5.43 Å². The Kier molecular flexibility index (Phi) is 5.90. The molecule has 0 spiro atoms. The molecule has 0 atom stereocenters. The Hall–Kier alpha value is -3.42. The lowest BCUT2D eigenvalue weighted by Gasteiger charge is -2.12. The summed E-state index contributed by atoms with van der Waals surface area (Å²) in [5.74, 6) is -0.244. The van der Waals surface area contributed by atoms with Gasteiger partial charge in [0.2, 0.25) is 0 Å². The topological polar surface area (TPSA) is 114 Å². The molecule has 8 nitrogen and oxygen atoms in total. The van der Waals surface area contributed by atoms with E-state index in [0.717, 1.165) is 22.8 Å². The van der Waals surface area contributed by atoms with Gasteiger partial charge in [0.15, 0.2) is 12.4 Å². The molecular formula is C18H19N3O5. The molecule has 0 fully saturated rings. The van der Waals surface area contributed by atoms with E-state index in [2.05, 4.69) is 10.5 Å².